The largest absolute Gasteiger partial charge is 0.395 e. The lowest BCUT2D eigenvalue weighted by Crippen LogP contribution is -2.17. The molecule has 1 rings (SSSR count). The highest BCUT2D eigenvalue weighted by atomic mass is 32.1. The fourth-order valence-corrected chi connectivity index (χ4v) is 1.85. The number of hydrogen-bond donors (Lipinski definition) is 1. The summed E-state index contributed by atoms with van der Waals surface area (Å²) >= 11 is 1.20. The molecule has 18 heavy (non-hydrogen) atoms. The molecule has 1 aromatic rings. The average Bonchev–Trinajstić information content (AvgIpc) is 2.74. The van der Waals surface area contributed by atoms with E-state index >= 15 is 0 Å². The number of aromatic nitrogens is 1. The highest BCUT2D eigenvalue weighted by Crippen LogP contribution is 2.12. The van der Waals surface area contributed by atoms with Crippen molar-refractivity contribution in [1.82, 2.24) is 10.7 Å². The predicted octanol–water partition coefficient (Wildman–Crippen LogP) is 1.84. The minimum atomic E-state index is -0.922. The van der Waals surface area contributed by atoms with Crippen LogP contribution in [0, 0.1) is 0 Å². The first-order valence-electron chi connectivity index (χ1n) is 5.82. The maximum atomic E-state index is 11.1. The fraction of sp³-hybridized carbons (Fsp3) is 0.545. The molecule has 99 valence electrons. The lowest BCUT2D eigenvalue weighted by molar-refractivity contribution is -0.112. The number of rotatable bonds is 8. The van der Waals surface area contributed by atoms with Gasteiger partial charge in [0, 0.05) is 5.38 Å². The van der Waals surface area contributed by atoms with Crippen molar-refractivity contribution in [1.29, 1.82) is 0 Å². The maximum absolute atomic E-state index is 11.1. The number of nitrogen functional groups attached to an aromatic ring is 1. The Morgan fingerprint density at radius 1 is 1.56 bits per heavy atom. The van der Waals surface area contributed by atoms with Crippen LogP contribution in [0.15, 0.2) is 10.5 Å². The van der Waals surface area contributed by atoms with Crippen molar-refractivity contribution in [3.8, 4) is 0 Å². The van der Waals surface area contributed by atoms with Gasteiger partial charge in [0.05, 0.1) is 0 Å². The molecular weight excluding hydrogens is 252 g/mol. The molecule has 0 aliphatic heterocycles. The SMILES string of the molecule is CCCCCCON=C(C([NH])=O)c1csc(N)n1. The molecule has 1 heterocycles. The summed E-state index contributed by atoms with van der Waals surface area (Å²) in [5.74, 6) is -0.922. The molecule has 0 unspecified atom stereocenters. The highest BCUT2D eigenvalue weighted by Gasteiger charge is 2.15. The van der Waals surface area contributed by atoms with Crippen LogP contribution in [0.1, 0.15) is 38.3 Å². The van der Waals surface area contributed by atoms with Gasteiger partial charge in [0.2, 0.25) is 0 Å². The zero-order valence-corrected chi connectivity index (χ0v) is 11.1. The molecular formula is C11H17N4O2S. The van der Waals surface area contributed by atoms with Gasteiger partial charge in [0.1, 0.15) is 12.3 Å². The van der Waals surface area contributed by atoms with Gasteiger partial charge in [-0.1, -0.05) is 24.9 Å². The van der Waals surface area contributed by atoms with E-state index in [0.29, 0.717) is 17.4 Å². The van der Waals surface area contributed by atoms with Gasteiger partial charge in [-0.2, -0.15) is 0 Å². The Morgan fingerprint density at radius 3 is 2.89 bits per heavy atom. The lowest BCUT2D eigenvalue weighted by Gasteiger charge is -2.01. The van der Waals surface area contributed by atoms with E-state index in [0.717, 1.165) is 25.7 Å². The van der Waals surface area contributed by atoms with Gasteiger partial charge >= 0.3 is 0 Å². The molecule has 0 aliphatic rings. The standard InChI is InChI=1S/C11H17N4O2S/c1-2-3-4-5-6-17-15-9(10(12)16)8-7-18-11(13)14-8/h7,12H,2-6H2,1H3,(H2,13,14). The second-order valence-corrected chi connectivity index (χ2v) is 4.62. The average molecular weight is 269 g/mol. The van der Waals surface area contributed by atoms with Crippen LogP contribution in [0.3, 0.4) is 0 Å². The number of nitrogens with zero attached hydrogens (tertiary/aromatic N) is 2. The van der Waals surface area contributed by atoms with Crippen molar-refractivity contribution in [3.63, 3.8) is 0 Å². The summed E-state index contributed by atoms with van der Waals surface area (Å²) in [5.41, 5.74) is 12.8. The van der Waals surface area contributed by atoms with Crippen LogP contribution in [0.5, 0.6) is 0 Å². The molecule has 0 fully saturated rings. The molecule has 1 amide bonds. The Balaban J connectivity index is 2.50. The van der Waals surface area contributed by atoms with Gasteiger partial charge in [-0.3, -0.25) is 10.5 Å². The van der Waals surface area contributed by atoms with E-state index in [1.165, 1.54) is 11.3 Å². The summed E-state index contributed by atoms with van der Waals surface area (Å²) in [7, 11) is 0. The first-order valence-corrected chi connectivity index (χ1v) is 6.70. The van der Waals surface area contributed by atoms with Crippen molar-refractivity contribution >= 4 is 28.1 Å². The molecule has 0 bridgehead atoms. The smallest absolute Gasteiger partial charge is 0.294 e. The summed E-state index contributed by atoms with van der Waals surface area (Å²) in [6, 6.07) is 0. The summed E-state index contributed by atoms with van der Waals surface area (Å²) in [6.45, 7) is 2.57. The maximum Gasteiger partial charge on any atom is 0.294 e. The number of hydrogen-bond acceptors (Lipinski definition) is 6. The van der Waals surface area contributed by atoms with E-state index < -0.39 is 5.91 Å². The number of nitrogens with one attached hydrogen (secondary N) is 1. The van der Waals surface area contributed by atoms with E-state index in [9.17, 15) is 4.79 Å². The lowest BCUT2D eigenvalue weighted by atomic mass is 10.2. The monoisotopic (exact) mass is 269 g/mol. The van der Waals surface area contributed by atoms with Gasteiger partial charge in [0.25, 0.3) is 5.91 Å². The van der Waals surface area contributed by atoms with Crippen molar-refractivity contribution in [2.45, 2.75) is 32.6 Å². The Kier molecular flexibility index (Phi) is 6.13. The molecule has 6 nitrogen and oxygen atoms in total. The molecule has 7 heteroatoms. The van der Waals surface area contributed by atoms with Crippen LogP contribution >= 0.6 is 11.3 Å². The van der Waals surface area contributed by atoms with Crippen molar-refractivity contribution in [3.05, 3.63) is 11.1 Å². The van der Waals surface area contributed by atoms with Crippen LogP contribution in [-0.2, 0) is 9.63 Å². The molecule has 0 spiro atoms. The van der Waals surface area contributed by atoms with Gasteiger partial charge in [-0.15, -0.1) is 11.3 Å². The summed E-state index contributed by atoms with van der Waals surface area (Å²) in [4.78, 5) is 20.0. The quantitative estimate of drug-likeness (QED) is 0.442. The van der Waals surface area contributed by atoms with Gasteiger partial charge < -0.3 is 10.6 Å². The second kappa shape index (κ2) is 7.65. The minimum absolute atomic E-state index is 0.0987. The highest BCUT2D eigenvalue weighted by molar-refractivity contribution is 7.13. The number of nitrogens with two attached hydrogens (primary N) is 1. The zero-order valence-electron chi connectivity index (χ0n) is 10.3. The molecule has 0 saturated heterocycles. The fourth-order valence-electron chi connectivity index (χ4n) is 1.30. The number of amides is 1. The third kappa shape index (κ3) is 4.70. The topological polar surface area (TPSA) is 101 Å². The van der Waals surface area contributed by atoms with Gasteiger partial charge in [-0.05, 0) is 12.8 Å². The van der Waals surface area contributed by atoms with Crippen molar-refractivity contribution in [2.75, 3.05) is 12.3 Å². The normalized spacial score (nSPS) is 11.5. The van der Waals surface area contributed by atoms with Crippen LogP contribution in [0.2, 0.25) is 0 Å². The Hall–Kier alpha value is -1.63. The van der Waals surface area contributed by atoms with E-state index in [1.54, 1.807) is 5.38 Å². The van der Waals surface area contributed by atoms with Crippen LogP contribution in [0.25, 0.3) is 0 Å². The van der Waals surface area contributed by atoms with Crippen molar-refractivity contribution in [2.24, 2.45) is 5.16 Å². The Morgan fingerprint density at radius 2 is 2.33 bits per heavy atom. The first-order chi connectivity index (χ1) is 8.65. The van der Waals surface area contributed by atoms with E-state index in [2.05, 4.69) is 17.1 Å². The van der Waals surface area contributed by atoms with Crippen LogP contribution < -0.4 is 11.5 Å². The molecule has 1 radical (unpaired) electrons. The molecule has 1 aromatic heterocycles. The van der Waals surface area contributed by atoms with Crippen LogP contribution in [0.4, 0.5) is 5.13 Å². The van der Waals surface area contributed by atoms with E-state index in [1.807, 2.05) is 0 Å². The van der Waals surface area contributed by atoms with E-state index in [-0.39, 0.29) is 5.71 Å². The number of unbranched alkanes of at least 4 members (excludes halogenated alkanes) is 3. The predicted molar refractivity (Wildman–Crippen MR) is 71.3 cm³/mol. The number of oxime groups is 1. The Bertz CT molecular complexity index is 417. The summed E-state index contributed by atoms with van der Waals surface area (Å²) in [6.07, 6.45) is 4.26. The van der Waals surface area contributed by atoms with E-state index in [4.69, 9.17) is 16.3 Å². The molecule has 0 aliphatic carbocycles. The number of carbonyl (C=O) groups excluding carboxylic acids is 1. The molecule has 0 atom stereocenters. The van der Waals surface area contributed by atoms with Gasteiger partial charge in [-0.25, -0.2) is 4.98 Å². The second-order valence-electron chi connectivity index (χ2n) is 3.73. The zero-order chi connectivity index (χ0) is 13.4. The van der Waals surface area contributed by atoms with Crippen molar-refractivity contribution < 1.29 is 9.63 Å². The Labute approximate surface area is 110 Å². The van der Waals surface area contributed by atoms with Crippen LogP contribution in [-0.4, -0.2) is 23.2 Å². The summed E-state index contributed by atoms with van der Waals surface area (Å²) < 4.78 is 0. The summed E-state index contributed by atoms with van der Waals surface area (Å²) in [5, 5.41) is 5.59. The number of thiazole rings is 1. The molecule has 0 saturated carbocycles. The third-order valence-electron chi connectivity index (χ3n) is 2.22. The third-order valence-corrected chi connectivity index (χ3v) is 2.90. The molecule has 0 aromatic carbocycles. The number of carbonyl (C=O) groups is 1. The number of anilines is 1. The minimum Gasteiger partial charge on any atom is -0.395 e. The molecule has 3 N–H and O–H groups in total. The van der Waals surface area contributed by atoms with Gasteiger partial charge in [0.15, 0.2) is 10.8 Å². The first kappa shape index (κ1) is 14.4.